The predicted octanol–water partition coefficient (Wildman–Crippen LogP) is 2.99. The Kier molecular flexibility index (Phi) is 5.45. The lowest BCUT2D eigenvalue weighted by Gasteiger charge is -2.43. The van der Waals surface area contributed by atoms with E-state index in [2.05, 4.69) is 5.32 Å². The minimum absolute atomic E-state index is 0.220. The number of nitrogens with zero attached hydrogens (tertiary/aromatic N) is 1. The van der Waals surface area contributed by atoms with Crippen LogP contribution in [-0.2, 0) is 9.53 Å². The second kappa shape index (κ2) is 7.55. The summed E-state index contributed by atoms with van der Waals surface area (Å²) in [7, 11) is 0. The number of amides is 1. The highest BCUT2D eigenvalue weighted by Crippen LogP contribution is 2.35. The number of hydrogen-bond acceptors (Lipinski definition) is 5. The molecule has 0 saturated heterocycles. The van der Waals surface area contributed by atoms with Crippen LogP contribution in [0.5, 0.6) is 0 Å². The van der Waals surface area contributed by atoms with Gasteiger partial charge in [-0.3, -0.25) is 4.90 Å². The molecule has 3 N–H and O–H groups in total. The van der Waals surface area contributed by atoms with Crippen molar-refractivity contribution in [3.63, 3.8) is 0 Å². The molecule has 2 aliphatic rings. The Bertz CT molecular complexity index is 856. The third-order valence-electron chi connectivity index (χ3n) is 5.15. The molecule has 3 atom stereocenters. The molecule has 2 heterocycles. The number of aliphatic hydroxyl groups is 1. The van der Waals surface area contributed by atoms with Gasteiger partial charge in [-0.25, -0.2) is 9.59 Å². The summed E-state index contributed by atoms with van der Waals surface area (Å²) in [5, 5.41) is 23.7. The number of carbonyl (C=O) groups excluding carboxylic acids is 1. The zero-order valence-corrected chi connectivity index (χ0v) is 17.2. The summed E-state index contributed by atoms with van der Waals surface area (Å²) in [4.78, 5) is 26.1. The van der Waals surface area contributed by atoms with Gasteiger partial charge in [-0.15, -0.1) is 0 Å². The molecule has 1 amide bonds. The second-order valence-corrected chi connectivity index (χ2v) is 8.70. The number of dihydropyridines is 1. The van der Waals surface area contributed by atoms with Crippen molar-refractivity contribution in [2.45, 2.75) is 57.4 Å². The molecule has 0 bridgehead atoms. The molecule has 156 valence electrons. The van der Waals surface area contributed by atoms with E-state index in [0.29, 0.717) is 5.56 Å². The summed E-state index contributed by atoms with van der Waals surface area (Å²) in [6.45, 7) is 7.18. The smallest absolute Gasteiger partial charge is 0.410 e. The lowest BCUT2D eigenvalue weighted by atomic mass is 9.87. The maximum absolute atomic E-state index is 12.9. The molecule has 3 unspecified atom stereocenters. The SMILES string of the molecule is CC(C)(C)OC(=O)N1CC2=C(CC1C(O)c1ccccc1)NC(C)(C(=O)O)C=C2. The van der Waals surface area contributed by atoms with Crippen molar-refractivity contribution in [3.8, 4) is 0 Å². The Hall–Kier alpha value is -2.80. The first-order chi connectivity index (χ1) is 13.5. The number of nitrogens with one attached hydrogen (secondary N) is 1. The van der Waals surface area contributed by atoms with E-state index in [4.69, 9.17) is 4.74 Å². The van der Waals surface area contributed by atoms with E-state index in [0.717, 1.165) is 11.3 Å². The molecule has 0 aliphatic carbocycles. The third-order valence-corrected chi connectivity index (χ3v) is 5.15. The van der Waals surface area contributed by atoms with Crippen LogP contribution in [0, 0.1) is 0 Å². The van der Waals surface area contributed by atoms with Crippen molar-refractivity contribution >= 4 is 12.1 Å². The maximum atomic E-state index is 12.9. The highest BCUT2D eigenvalue weighted by molar-refractivity contribution is 5.82. The third kappa shape index (κ3) is 4.45. The molecule has 0 saturated carbocycles. The van der Waals surface area contributed by atoms with Gasteiger partial charge in [-0.1, -0.05) is 36.4 Å². The van der Waals surface area contributed by atoms with Crippen molar-refractivity contribution in [1.82, 2.24) is 10.2 Å². The lowest BCUT2D eigenvalue weighted by molar-refractivity contribution is -0.141. The number of rotatable bonds is 3. The lowest BCUT2D eigenvalue weighted by Crippen LogP contribution is -2.55. The number of hydrogen-bond donors (Lipinski definition) is 3. The normalized spacial score (nSPS) is 25.1. The summed E-state index contributed by atoms with van der Waals surface area (Å²) >= 11 is 0. The van der Waals surface area contributed by atoms with Crippen LogP contribution in [0.1, 0.15) is 45.8 Å². The van der Waals surface area contributed by atoms with Gasteiger partial charge < -0.3 is 20.3 Å². The van der Waals surface area contributed by atoms with E-state index in [1.807, 2.05) is 18.2 Å². The number of carboxylic acid groups (broad SMARTS) is 1. The largest absolute Gasteiger partial charge is 0.479 e. The monoisotopic (exact) mass is 400 g/mol. The molecule has 0 radical (unpaired) electrons. The highest BCUT2D eigenvalue weighted by Gasteiger charge is 2.42. The summed E-state index contributed by atoms with van der Waals surface area (Å²) in [5.74, 6) is -0.991. The number of benzene rings is 1. The van der Waals surface area contributed by atoms with Gasteiger partial charge in [0.05, 0.1) is 18.7 Å². The molecule has 1 aromatic carbocycles. The van der Waals surface area contributed by atoms with Crippen molar-refractivity contribution in [2.24, 2.45) is 0 Å². The number of carboxylic acids is 1. The fourth-order valence-electron chi connectivity index (χ4n) is 3.55. The molecule has 1 aromatic rings. The summed E-state index contributed by atoms with van der Waals surface area (Å²) in [5.41, 5.74) is 0.317. The number of carbonyl (C=O) groups is 2. The van der Waals surface area contributed by atoms with Gasteiger partial charge in [0, 0.05) is 12.1 Å². The maximum Gasteiger partial charge on any atom is 0.410 e. The van der Waals surface area contributed by atoms with Crippen molar-refractivity contribution in [2.75, 3.05) is 6.54 Å². The van der Waals surface area contributed by atoms with Gasteiger partial charge in [0.25, 0.3) is 0 Å². The minimum atomic E-state index is -1.23. The molecule has 0 fully saturated rings. The Labute approximate surface area is 170 Å². The first-order valence-corrected chi connectivity index (χ1v) is 9.66. The summed E-state index contributed by atoms with van der Waals surface area (Å²) < 4.78 is 5.57. The first-order valence-electron chi connectivity index (χ1n) is 9.66. The summed E-state index contributed by atoms with van der Waals surface area (Å²) in [6, 6.07) is 8.52. The minimum Gasteiger partial charge on any atom is -0.479 e. The average molecular weight is 400 g/mol. The van der Waals surface area contributed by atoms with Gasteiger partial charge in [-0.2, -0.15) is 0 Å². The van der Waals surface area contributed by atoms with Crippen LogP contribution >= 0.6 is 0 Å². The van der Waals surface area contributed by atoms with Crippen molar-refractivity contribution in [1.29, 1.82) is 0 Å². The van der Waals surface area contributed by atoms with Crippen LogP contribution in [0.15, 0.2) is 53.8 Å². The van der Waals surface area contributed by atoms with Crippen LogP contribution in [0.4, 0.5) is 4.79 Å². The van der Waals surface area contributed by atoms with Gasteiger partial charge >= 0.3 is 12.1 Å². The van der Waals surface area contributed by atoms with Crippen LogP contribution in [-0.4, -0.2) is 50.9 Å². The van der Waals surface area contributed by atoms with Gasteiger partial charge in [0.1, 0.15) is 5.60 Å². The van der Waals surface area contributed by atoms with E-state index in [-0.39, 0.29) is 13.0 Å². The highest BCUT2D eigenvalue weighted by atomic mass is 16.6. The second-order valence-electron chi connectivity index (χ2n) is 8.70. The van der Waals surface area contributed by atoms with Gasteiger partial charge in [0.2, 0.25) is 0 Å². The van der Waals surface area contributed by atoms with Gasteiger partial charge in [0.15, 0.2) is 5.54 Å². The van der Waals surface area contributed by atoms with Crippen LogP contribution in [0.2, 0.25) is 0 Å². The zero-order chi connectivity index (χ0) is 21.4. The van der Waals surface area contributed by atoms with E-state index < -0.39 is 35.3 Å². The number of aliphatic hydroxyl groups excluding tert-OH is 1. The Morgan fingerprint density at radius 2 is 1.93 bits per heavy atom. The van der Waals surface area contributed by atoms with E-state index in [1.165, 1.54) is 4.90 Å². The molecular formula is C22H28N2O5. The fraction of sp³-hybridized carbons (Fsp3) is 0.455. The Morgan fingerprint density at radius 1 is 1.28 bits per heavy atom. The van der Waals surface area contributed by atoms with E-state index in [9.17, 15) is 19.8 Å². The topological polar surface area (TPSA) is 99.1 Å². The summed E-state index contributed by atoms with van der Waals surface area (Å²) in [6.07, 6.45) is 2.15. The molecule has 2 aliphatic heterocycles. The molecule has 7 nitrogen and oxygen atoms in total. The van der Waals surface area contributed by atoms with E-state index >= 15 is 0 Å². The average Bonchev–Trinajstić information content (AvgIpc) is 2.65. The Balaban J connectivity index is 1.94. The number of aliphatic carboxylic acids is 1. The number of ether oxygens (including phenoxy) is 1. The zero-order valence-electron chi connectivity index (χ0n) is 17.2. The fourth-order valence-corrected chi connectivity index (χ4v) is 3.55. The molecule has 29 heavy (non-hydrogen) atoms. The molecule has 3 rings (SSSR count). The van der Waals surface area contributed by atoms with Crippen LogP contribution < -0.4 is 5.32 Å². The van der Waals surface area contributed by atoms with Crippen molar-refractivity contribution < 1.29 is 24.5 Å². The first kappa shape index (κ1) is 20.9. The molecular weight excluding hydrogens is 372 g/mol. The molecule has 7 heteroatoms. The molecule has 0 aromatic heterocycles. The van der Waals surface area contributed by atoms with Crippen LogP contribution in [0.3, 0.4) is 0 Å². The predicted molar refractivity (Wildman–Crippen MR) is 108 cm³/mol. The molecule has 0 spiro atoms. The standard InChI is InChI=1S/C22H28N2O5/c1-21(2,3)29-20(28)24-13-15-10-11-22(4,19(26)27)23-16(15)12-17(24)18(25)14-8-6-5-7-9-14/h5-11,17-18,23,25H,12-13H2,1-4H3,(H,26,27). The Morgan fingerprint density at radius 3 is 2.52 bits per heavy atom. The quantitative estimate of drug-likeness (QED) is 0.721. The van der Waals surface area contributed by atoms with Gasteiger partial charge in [-0.05, 0) is 44.9 Å². The van der Waals surface area contributed by atoms with Crippen LogP contribution in [0.25, 0.3) is 0 Å². The van der Waals surface area contributed by atoms with Crippen molar-refractivity contribution in [3.05, 3.63) is 59.3 Å². The van der Waals surface area contributed by atoms with E-state index in [1.54, 1.807) is 52.0 Å².